The molecule has 1 aliphatic rings. The zero-order valence-electron chi connectivity index (χ0n) is 13.6. The second-order valence-corrected chi connectivity index (χ2v) is 6.94. The number of amides is 1. The quantitative estimate of drug-likeness (QED) is 0.803. The highest BCUT2D eigenvalue weighted by atomic mass is 35.5. The van der Waals surface area contributed by atoms with Crippen LogP contribution in [-0.4, -0.2) is 22.5 Å². The number of carboxylic acid groups (broad SMARTS) is 1. The number of hydrogen-bond donors (Lipinski definition) is 2. The highest BCUT2D eigenvalue weighted by Crippen LogP contribution is 2.35. The molecule has 1 unspecified atom stereocenters. The van der Waals surface area contributed by atoms with Crippen LogP contribution < -0.4 is 5.32 Å². The number of carboxylic acids is 1. The Morgan fingerprint density at radius 2 is 1.87 bits per heavy atom. The number of rotatable bonds is 5. The molecule has 0 aromatic heterocycles. The minimum atomic E-state index is -1.18. The maximum atomic E-state index is 12.5. The van der Waals surface area contributed by atoms with Gasteiger partial charge in [0, 0.05) is 0 Å². The van der Waals surface area contributed by atoms with E-state index in [4.69, 9.17) is 11.6 Å². The van der Waals surface area contributed by atoms with Crippen LogP contribution in [0.5, 0.6) is 0 Å². The molecule has 1 amide bonds. The number of alkyl halides is 1. The summed E-state index contributed by atoms with van der Waals surface area (Å²) >= 11 is 6.25. The van der Waals surface area contributed by atoms with Crippen molar-refractivity contribution >= 4 is 23.5 Å². The Balaban J connectivity index is 2.09. The maximum absolute atomic E-state index is 12.5. The van der Waals surface area contributed by atoms with Crippen LogP contribution >= 0.6 is 11.6 Å². The van der Waals surface area contributed by atoms with E-state index in [2.05, 4.69) is 12.2 Å². The largest absolute Gasteiger partial charge is 0.480 e. The van der Waals surface area contributed by atoms with Gasteiger partial charge in [0.2, 0.25) is 5.91 Å². The SMILES string of the molecule is CCC1CCC(NC(=O)C(Cl)c2ccc(C)cc2)(C(=O)O)CC1. The van der Waals surface area contributed by atoms with Gasteiger partial charge in [0.15, 0.2) is 0 Å². The van der Waals surface area contributed by atoms with E-state index in [9.17, 15) is 14.7 Å². The summed E-state index contributed by atoms with van der Waals surface area (Å²) in [6, 6.07) is 7.37. The first-order valence-electron chi connectivity index (χ1n) is 8.14. The summed E-state index contributed by atoms with van der Waals surface area (Å²) in [5.41, 5.74) is 0.580. The number of halogens is 1. The fraction of sp³-hybridized carbons (Fsp3) is 0.556. The van der Waals surface area contributed by atoms with Gasteiger partial charge in [-0.05, 0) is 44.1 Å². The van der Waals surface area contributed by atoms with E-state index in [1.165, 1.54) is 0 Å². The van der Waals surface area contributed by atoms with Gasteiger partial charge in [-0.2, -0.15) is 0 Å². The Kier molecular flexibility index (Phi) is 5.69. The number of carbonyl (C=O) groups excluding carboxylic acids is 1. The second-order valence-electron chi connectivity index (χ2n) is 6.50. The highest BCUT2D eigenvalue weighted by molar-refractivity contribution is 6.31. The molecule has 2 rings (SSSR count). The highest BCUT2D eigenvalue weighted by Gasteiger charge is 2.43. The molecule has 1 fully saturated rings. The lowest BCUT2D eigenvalue weighted by Crippen LogP contribution is -2.57. The fourth-order valence-corrected chi connectivity index (χ4v) is 3.36. The van der Waals surface area contributed by atoms with Crippen LogP contribution in [0.4, 0.5) is 0 Å². The van der Waals surface area contributed by atoms with Gasteiger partial charge in [0.25, 0.3) is 0 Å². The van der Waals surface area contributed by atoms with E-state index < -0.39 is 22.8 Å². The molecule has 1 atom stereocenters. The van der Waals surface area contributed by atoms with E-state index in [1.54, 1.807) is 12.1 Å². The first-order valence-corrected chi connectivity index (χ1v) is 8.57. The number of nitrogens with one attached hydrogen (secondary N) is 1. The zero-order chi connectivity index (χ0) is 17.0. The molecule has 5 heteroatoms. The average Bonchev–Trinajstić information content (AvgIpc) is 2.55. The van der Waals surface area contributed by atoms with Crippen LogP contribution in [0.3, 0.4) is 0 Å². The summed E-state index contributed by atoms with van der Waals surface area (Å²) in [6.07, 6.45) is 3.61. The van der Waals surface area contributed by atoms with Crippen LogP contribution in [0.25, 0.3) is 0 Å². The third-order valence-corrected chi connectivity index (χ3v) is 5.36. The van der Waals surface area contributed by atoms with E-state index in [1.807, 2.05) is 19.1 Å². The molecule has 23 heavy (non-hydrogen) atoms. The van der Waals surface area contributed by atoms with Gasteiger partial charge >= 0.3 is 5.97 Å². The molecule has 0 radical (unpaired) electrons. The van der Waals surface area contributed by atoms with Gasteiger partial charge in [-0.25, -0.2) is 4.79 Å². The Morgan fingerprint density at radius 3 is 2.35 bits per heavy atom. The van der Waals surface area contributed by atoms with Crippen molar-refractivity contribution in [3.63, 3.8) is 0 Å². The second kappa shape index (κ2) is 7.35. The average molecular weight is 338 g/mol. The lowest BCUT2D eigenvalue weighted by Gasteiger charge is -2.37. The molecule has 0 saturated heterocycles. The molecule has 0 aliphatic heterocycles. The first kappa shape index (κ1) is 17.8. The molecule has 4 nitrogen and oxygen atoms in total. The molecule has 0 bridgehead atoms. The van der Waals surface area contributed by atoms with Crippen molar-refractivity contribution in [3.05, 3.63) is 35.4 Å². The number of aliphatic carboxylic acids is 1. The first-order chi connectivity index (χ1) is 10.9. The third-order valence-electron chi connectivity index (χ3n) is 4.91. The smallest absolute Gasteiger partial charge is 0.329 e. The van der Waals surface area contributed by atoms with Crippen molar-refractivity contribution in [2.75, 3.05) is 0 Å². The van der Waals surface area contributed by atoms with Crippen molar-refractivity contribution in [3.8, 4) is 0 Å². The summed E-state index contributed by atoms with van der Waals surface area (Å²) in [5, 5.41) is 11.5. The predicted octanol–water partition coefficient (Wildman–Crippen LogP) is 3.81. The number of carbonyl (C=O) groups is 2. The van der Waals surface area contributed by atoms with Gasteiger partial charge < -0.3 is 10.4 Å². The van der Waals surface area contributed by atoms with Crippen LogP contribution in [0, 0.1) is 12.8 Å². The monoisotopic (exact) mass is 337 g/mol. The summed E-state index contributed by atoms with van der Waals surface area (Å²) in [7, 11) is 0. The maximum Gasteiger partial charge on any atom is 0.329 e. The molecule has 0 heterocycles. The Labute approximate surface area is 142 Å². The lowest BCUT2D eigenvalue weighted by atomic mass is 9.75. The van der Waals surface area contributed by atoms with Crippen molar-refractivity contribution in [2.24, 2.45) is 5.92 Å². The minimum absolute atomic E-state index is 0.437. The topological polar surface area (TPSA) is 66.4 Å². The van der Waals surface area contributed by atoms with Crippen molar-refractivity contribution < 1.29 is 14.7 Å². The Hall–Kier alpha value is -1.55. The normalized spacial score (nSPS) is 25.6. The molecule has 0 spiro atoms. The van der Waals surface area contributed by atoms with Crippen LogP contribution in [0.1, 0.15) is 55.5 Å². The van der Waals surface area contributed by atoms with E-state index in [-0.39, 0.29) is 0 Å². The zero-order valence-corrected chi connectivity index (χ0v) is 14.4. The number of hydrogen-bond acceptors (Lipinski definition) is 2. The third kappa shape index (κ3) is 4.05. The van der Waals surface area contributed by atoms with Crippen molar-refractivity contribution in [1.29, 1.82) is 0 Å². The van der Waals surface area contributed by atoms with Crippen LogP contribution in [-0.2, 0) is 9.59 Å². The van der Waals surface area contributed by atoms with Crippen LogP contribution in [0.15, 0.2) is 24.3 Å². The standard InChI is InChI=1S/C18H24ClNO3/c1-3-13-8-10-18(11-9-13,17(22)23)20-16(21)15(19)14-6-4-12(2)5-7-14/h4-7,13,15H,3,8-11H2,1-2H3,(H,20,21)(H,22,23). The number of benzene rings is 1. The van der Waals surface area contributed by atoms with Crippen molar-refractivity contribution in [2.45, 2.75) is 56.9 Å². The van der Waals surface area contributed by atoms with Crippen LogP contribution in [0.2, 0.25) is 0 Å². The molecule has 126 valence electrons. The Bertz CT molecular complexity index is 562. The van der Waals surface area contributed by atoms with Gasteiger partial charge in [0.05, 0.1) is 0 Å². The molecule has 1 saturated carbocycles. The molecular weight excluding hydrogens is 314 g/mol. The summed E-state index contributed by atoms with van der Waals surface area (Å²) in [5.74, 6) is -0.857. The van der Waals surface area contributed by atoms with Gasteiger partial charge in [-0.3, -0.25) is 4.79 Å². The van der Waals surface area contributed by atoms with Gasteiger partial charge in [-0.15, -0.1) is 11.6 Å². The van der Waals surface area contributed by atoms with Gasteiger partial charge in [0.1, 0.15) is 10.9 Å². The minimum Gasteiger partial charge on any atom is -0.480 e. The molecule has 2 N–H and O–H groups in total. The molecular formula is C18H24ClNO3. The lowest BCUT2D eigenvalue weighted by molar-refractivity contribution is -0.149. The molecule has 1 aromatic carbocycles. The Morgan fingerprint density at radius 1 is 1.30 bits per heavy atom. The van der Waals surface area contributed by atoms with E-state index in [0.717, 1.165) is 24.8 Å². The predicted molar refractivity (Wildman–Crippen MR) is 90.5 cm³/mol. The van der Waals surface area contributed by atoms with Gasteiger partial charge in [-0.1, -0.05) is 43.2 Å². The summed E-state index contributed by atoms with van der Waals surface area (Å²) in [4.78, 5) is 24.2. The van der Waals surface area contributed by atoms with E-state index in [0.29, 0.717) is 24.3 Å². The van der Waals surface area contributed by atoms with Crippen molar-refractivity contribution in [1.82, 2.24) is 5.32 Å². The molecule has 1 aromatic rings. The summed E-state index contributed by atoms with van der Waals surface area (Å²) < 4.78 is 0. The molecule has 1 aliphatic carbocycles. The summed E-state index contributed by atoms with van der Waals surface area (Å²) in [6.45, 7) is 4.07. The number of aryl methyl sites for hydroxylation is 1. The fourth-order valence-electron chi connectivity index (χ4n) is 3.16. The van der Waals surface area contributed by atoms with E-state index >= 15 is 0 Å².